The van der Waals surface area contributed by atoms with Gasteiger partial charge in [-0.3, -0.25) is 4.79 Å². The SMILES string of the molecule is O=C(CCCCOc1c(Cl)cc(OCC=C(Cl)Cl)cc1Cl)N1CCCC1. The molecule has 1 amide bonds. The molecule has 1 aliphatic rings. The van der Waals surface area contributed by atoms with Crippen molar-refractivity contribution in [2.45, 2.75) is 32.1 Å². The number of nitrogens with zero attached hydrogens (tertiary/aromatic N) is 1. The number of hydrogen-bond acceptors (Lipinski definition) is 3. The van der Waals surface area contributed by atoms with Crippen LogP contribution in [0.15, 0.2) is 22.7 Å². The van der Waals surface area contributed by atoms with Gasteiger partial charge in [-0.25, -0.2) is 0 Å². The van der Waals surface area contributed by atoms with E-state index in [4.69, 9.17) is 55.9 Å². The summed E-state index contributed by atoms with van der Waals surface area (Å²) in [5.74, 6) is 1.14. The zero-order valence-electron chi connectivity index (χ0n) is 14.3. The maximum atomic E-state index is 12.0. The molecule has 0 bridgehead atoms. The highest BCUT2D eigenvalue weighted by Crippen LogP contribution is 2.37. The van der Waals surface area contributed by atoms with E-state index in [0.717, 1.165) is 38.8 Å². The van der Waals surface area contributed by atoms with Crippen molar-refractivity contribution in [3.05, 3.63) is 32.7 Å². The zero-order chi connectivity index (χ0) is 18.9. The van der Waals surface area contributed by atoms with Crippen LogP contribution in [0.25, 0.3) is 0 Å². The second-order valence-corrected chi connectivity index (χ2v) is 7.74. The molecule has 0 N–H and O–H groups in total. The van der Waals surface area contributed by atoms with Crippen molar-refractivity contribution in [2.75, 3.05) is 26.3 Å². The van der Waals surface area contributed by atoms with E-state index in [2.05, 4.69) is 0 Å². The Morgan fingerprint density at radius 2 is 1.73 bits per heavy atom. The van der Waals surface area contributed by atoms with E-state index < -0.39 is 0 Å². The summed E-state index contributed by atoms with van der Waals surface area (Å²) in [5.41, 5.74) is 0. The third kappa shape index (κ3) is 7.07. The number of hydrogen-bond donors (Lipinski definition) is 0. The first-order valence-corrected chi connectivity index (χ1v) is 10.0. The summed E-state index contributed by atoms with van der Waals surface area (Å²) in [7, 11) is 0. The van der Waals surface area contributed by atoms with Crippen molar-refractivity contribution in [1.29, 1.82) is 0 Å². The first-order chi connectivity index (χ1) is 12.5. The predicted molar refractivity (Wildman–Crippen MR) is 107 cm³/mol. The molecule has 0 saturated carbocycles. The van der Waals surface area contributed by atoms with Crippen molar-refractivity contribution in [1.82, 2.24) is 4.90 Å². The number of benzene rings is 1. The average Bonchev–Trinajstić information content (AvgIpc) is 3.10. The van der Waals surface area contributed by atoms with Crippen molar-refractivity contribution in [3.8, 4) is 11.5 Å². The Labute approximate surface area is 173 Å². The average molecular weight is 441 g/mol. The minimum atomic E-state index is 0.130. The summed E-state index contributed by atoms with van der Waals surface area (Å²) in [6.07, 6.45) is 5.81. The van der Waals surface area contributed by atoms with E-state index in [9.17, 15) is 4.79 Å². The molecule has 26 heavy (non-hydrogen) atoms. The number of carbonyl (C=O) groups excluding carboxylic acids is 1. The zero-order valence-corrected chi connectivity index (χ0v) is 17.3. The highest BCUT2D eigenvalue weighted by Gasteiger charge is 2.17. The van der Waals surface area contributed by atoms with Gasteiger partial charge in [-0.1, -0.05) is 46.4 Å². The number of amides is 1. The Balaban J connectivity index is 1.74. The molecular weight excluding hydrogens is 420 g/mol. The van der Waals surface area contributed by atoms with Gasteiger partial charge in [0.1, 0.15) is 16.8 Å². The summed E-state index contributed by atoms with van der Waals surface area (Å²) < 4.78 is 11.2. The molecule has 0 atom stereocenters. The highest BCUT2D eigenvalue weighted by atomic mass is 35.5. The topological polar surface area (TPSA) is 38.8 Å². The Kier molecular flexibility index (Phi) is 9.20. The number of carbonyl (C=O) groups is 1. The maximum Gasteiger partial charge on any atom is 0.222 e. The Morgan fingerprint density at radius 3 is 2.35 bits per heavy atom. The van der Waals surface area contributed by atoms with Gasteiger partial charge in [-0.05, 0) is 31.8 Å². The Bertz CT molecular complexity index is 618. The van der Waals surface area contributed by atoms with Crippen molar-refractivity contribution < 1.29 is 14.3 Å². The van der Waals surface area contributed by atoms with Gasteiger partial charge in [0, 0.05) is 31.6 Å². The van der Waals surface area contributed by atoms with Crippen LogP contribution in [0, 0.1) is 0 Å². The number of unbranched alkanes of at least 4 members (excludes halogenated alkanes) is 1. The summed E-state index contributed by atoms with van der Waals surface area (Å²) in [5, 5.41) is 0.725. The van der Waals surface area contributed by atoms with Gasteiger partial charge in [-0.2, -0.15) is 0 Å². The van der Waals surface area contributed by atoms with Crippen molar-refractivity contribution in [2.24, 2.45) is 0 Å². The van der Waals surface area contributed by atoms with E-state index in [-0.39, 0.29) is 17.0 Å². The highest BCUT2D eigenvalue weighted by molar-refractivity contribution is 6.55. The van der Waals surface area contributed by atoms with E-state index in [1.165, 1.54) is 6.08 Å². The molecule has 1 saturated heterocycles. The molecule has 0 aromatic heterocycles. The number of halogens is 4. The van der Waals surface area contributed by atoms with Crippen LogP contribution in [0.4, 0.5) is 0 Å². The molecule has 144 valence electrons. The Hall–Kier alpha value is -0.810. The maximum absolute atomic E-state index is 12.0. The molecular formula is C18H21Cl4NO3. The normalized spacial score (nSPS) is 13.6. The molecule has 1 aromatic rings. The summed E-state index contributed by atoms with van der Waals surface area (Å²) in [6, 6.07) is 3.24. The second-order valence-electron chi connectivity index (χ2n) is 5.91. The number of rotatable bonds is 9. The minimum absolute atomic E-state index is 0.130. The van der Waals surface area contributed by atoms with Crippen molar-refractivity contribution in [3.63, 3.8) is 0 Å². The van der Waals surface area contributed by atoms with E-state index in [1.54, 1.807) is 12.1 Å². The molecule has 4 nitrogen and oxygen atoms in total. The minimum Gasteiger partial charge on any atom is -0.490 e. The fourth-order valence-corrected chi connectivity index (χ4v) is 3.34. The van der Waals surface area contributed by atoms with E-state index in [0.29, 0.717) is 34.6 Å². The van der Waals surface area contributed by atoms with E-state index in [1.807, 2.05) is 4.90 Å². The standard InChI is InChI=1S/C18H21Cl4NO3/c19-14-11-13(25-10-6-16(21)22)12-15(20)18(14)26-9-4-1-5-17(24)23-7-2-3-8-23/h6,11-12H,1-5,7-10H2. The summed E-state index contributed by atoms with van der Waals surface area (Å²) in [4.78, 5) is 13.9. The Morgan fingerprint density at radius 1 is 1.08 bits per heavy atom. The molecule has 0 radical (unpaired) electrons. The molecule has 0 unspecified atom stereocenters. The predicted octanol–water partition coefficient (Wildman–Crippen LogP) is 5.86. The van der Waals surface area contributed by atoms with Gasteiger partial charge in [0.15, 0.2) is 5.75 Å². The molecule has 8 heteroatoms. The lowest BCUT2D eigenvalue weighted by molar-refractivity contribution is -0.130. The lowest BCUT2D eigenvalue weighted by Crippen LogP contribution is -2.27. The monoisotopic (exact) mass is 439 g/mol. The van der Waals surface area contributed by atoms with Crippen LogP contribution in [0.5, 0.6) is 11.5 Å². The molecule has 1 fully saturated rings. The molecule has 1 aliphatic heterocycles. The van der Waals surface area contributed by atoms with Gasteiger partial charge >= 0.3 is 0 Å². The summed E-state index contributed by atoms with van der Waals surface area (Å²) >= 11 is 23.5. The first-order valence-electron chi connectivity index (χ1n) is 8.51. The quantitative estimate of drug-likeness (QED) is 0.451. The van der Waals surface area contributed by atoms with Crippen LogP contribution in [0.2, 0.25) is 10.0 Å². The van der Waals surface area contributed by atoms with Crippen LogP contribution in [0.1, 0.15) is 32.1 Å². The van der Waals surface area contributed by atoms with Gasteiger partial charge in [0.05, 0.1) is 16.7 Å². The van der Waals surface area contributed by atoms with Crippen LogP contribution in [-0.4, -0.2) is 37.1 Å². The van der Waals surface area contributed by atoms with Crippen LogP contribution < -0.4 is 9.47 Å². The van der Waals surface area contributed by atoms with Gasteiger partial charge < -0.3 is 14.4 Å². The van der Waals surface area contributed by atoms with Gasteiger partial charge in [0.25, 0.3) is 0 Å². The van der Waals surface area contributed by atoms with Crippen LogP contribution in [-0.2, 0) is 4.79 Å². The first kappa shape index (κ1) is 21.5. The van der Waals surface area contributed by atoms with Crippen molar-refractivity contribution >= 4 is 52.3 Å². The third-order valence-corrected chi connectivity index (χ3v) is 4.82. The largest absolute Gasteiger partial charge is 0.490 e. The number of likely N-dealkylation sites (tertiary alicyclic amines) is 1. The fraction of sp³-hybridized carbons (Fsp3) is 0.500. The van der Waals surface area contributed by atoms with E-state index >= 15 is 0 Å². The van der Waals surface area contributed by atoms with Crippen LogP contribution in [0.3, 0.4) is 0 Å². The lowest BCUT2D eigenvalue weighted by Gasteiger charge is -2.15. The molecule has 1 heterocycles. The third-order valence-electron chi connectivity index (χ3n) is 3.95. The smallest absolute Gasteiger partial charge is 0.222 e. The molecule has 1 aromatic carbocycles. The molecule has 2 rings (SSSR count). The fourth-order valence-electron chi connectivity index (χ4n) is 2.64. The molecule has 0 spiro atoms. The van der Waals surface area contributed by atoms with Crippen LogP contribution >= 0.6 is 46.4 Å². The number of ether oxygens (including phenoxy) is 2. The second kappa shape index (κ2) is 11.1. The molecule has 0 aliphatic carbocycles. The lowest BCUT2D eigenvalue weighted by atomic mass is 10.2. The van der Waals surface area contributed by atoms with Gasteiger partial charge in [-0.15, -0.1) is 0 Å². The summed E-state index contributed by atoms with van der Waals surface area (Å²) in [6.45, 7) is 2.43. The van der Waals surface area contributed by atoms with Gasteiger partial charge in [0.2, 0.25) is 5.91 Å².